The minimum absolute atomic E-state index is 0.375. The summed E-state index contributed by atoms with van der Waals surface area (Å²) in [6.45, 7) is 1.92. The SMILES string of the molecule is COc1cc(Cl)c(C)cc1Nc1nncc(N(C)c2ccccc2)n1. The molecule has 128 valence electrons. The molecule has 1 aromatic heterocycles. The number of hydrogen-bond acceptors (Lipinski definition) is 6. The topological polar surface area (TPSA) is 63.2 Å². The number of ether oxygens (including phenoxy) is 1. The summed E-state index contributed by atoms with van der Waals surface area (Å²) in [5.74, 6) is 1.66. The van der Waals surface area contributed by atoms with Crippen LogP contribution in [0.5, 0.6) is 5.75 Å². The van der Waals surface area contributed by atoms with E-state index in [1.807, 2.05) is 55.3 Å². The Balaban J connectivity index is 1.89. The van der Waals surface area contributed by atoms with E-state index in [0.29, 0.717) is 22.5 Å². The highest BCUT2D eigenvalue weighted by Gasteiger charge is 2.11. The van der Waals surface area contributed by atoms with Gasteiger partial charge in [-0.25, -0.2) is 0 Å². The van der Waals surface area contributed by atoms with Gasteiger partial charge in [-0.05, 0) is 30.7 Å². The van der Waals surface area contributed by atoms with Crippen LogP contribution in [0.3, 0.4) is 0 Å². The zero-order chi connectivity index (χ0) is 17.8. The van der Waals surface area contributed by atoms with Gasteiger partial charge in [0.05, 0.1) is 19.0 Å². The maximum absolute atomic E-state index is 6.14. The molecule has 0 aliphatic rings. The number of rotatable bonds is 5. The molecule has 0 saturated carbocycles. The summed E-state index contributed by atoms with van der Waals surface area (Å²) < 4.78 is 5.37. The third-order valence-corrected chi connectivity index (χ3v) is 4.17. The molecule has 0 aliphatic heterocycles. The van der Waals surface area contributed by atoms with E-state index >= 15 is 0 Å². The van der Waals surface area contributed by atoms with Gasteiger partial charge in [-0.3, -0.25) is 0 Å². The number of nitrogens with one attached hydrogen (secondary N) is 1. The van der Waals surface area contributed by atoms with E-state index in [1.54, 1.807) is 19.4 Å². The van der Waals surface area contributed by atoms with Crippen LogP contribution in [0.4, 0.5) is 23.1 Å². The second-order valence-corrected chi connectivity index (χ2v) is 5.87. The predicted molar refractivity (Wildman–Crippen MR) is 100 cm³/mol. The van der Waals surface area contributed by atoms with Gasteiger partial charge in [0.2, 0.25) is 5.95 Å². The predicted octanol–water partition coefficient (Wildman–Crippen LogP) is 4.35. The molecule has 6 nitrogen and oxygen atoms in total. The number of hydrogen-bond donors (Lipinski definition) is 1. The van der Waals surface area contributed by atoms with Crippen molar-refractivity contribution in [3.63, 3.8) is 0 Å². The number of para-hydroxylation sites is 1. The summed E-state index contributed by atoms with van der Waals surface area (Å²) in [5, 5.41) is 11.9. The van der Waals surface area contributed by atoms with E-state index < -0.39 is 0 Å². The Morgan fingerprint density at radius 3 is 2.64 bits per heavy atom. The number of methoxy groups -OCH3 is 1. The molecular weight excluding hydrogens is 338 g/mol. The first-order valence-corrected chi connectivity index (χ1v) is 8.06. The molecule has 1 heterocycles. The van der Waals surface area contributed by atoms with Crippen LogP contribution in [-0.4, -0.2) is 29.3 Å². The van der Waals surface area contributed by atoms with Crippen molar-refractivity contribution in [1.82, 2.24) is 15.2 Å². The lowest BCUT2D eigenvalue weighted by atomic mass is 10.2. The lowest BCUT2D eigenvalue weighted by molar-refractivity contribution is 0.416. The number of aryl methyl sites for hydroxylation is 1. The Labute approximate surface area is 151 Å². The molecule has 0 spiro atoms. The van der Waals surface area contributed by atoms with Crippen LogP contribution >= 0.6 is 11.6 Å². The van der Waals surface area contributed by atoms with E-state index in [9.17, 15) is 0 Å². The maximum atomic E-state index is 6.14. The van der Waals surface area contributed by atoms with Crippen molar-refractivity contribution in [3.05, 3.63) is 59.2 Å². The molecule has 25 heavy (non-hydrogen) atoms. The Morgan fingerprint density at radius 1 is 1.16 bits per heavy atom. The Morgan fingerprint density at radius 2 is 1.92 bits per heavy atom. The number of anilines is 4. The second-order valence-electron chi connectivity index (χ2n) is 5.46. The molecule has 0 bridgehead atoms. The fourth-order valence-corrected chi connectivity index (χ4v) is 2.50. The van der Waals surface area contributed by atoms with E-state index in [-0.39, 0.29) is 0 Å². The van der Waals surface area contributed by atoms with E-state index in [1.165, 1.54) is 0 Å². The summed E-state index contributed by atoms with van der Waals surface area (Å²) >= 11 is 6.14. The molecule has 0 fully saturated rings. The van der Waals surface area contributed by atoms with Gasteiger partial charge >= 0.3 is 0 Å². The van der Waals surface area contributed by atoms with Gasteiger partial charge in [-0.1, -0.05) is 29.8 Å². The summed E-state index contributed by atoms with van der Waals surface area (Å²) in [5.41, 5.74) is 2.66. The summed E-state index contributed by atoms with van der Waals surface area (Å²) in [6, 6.07) is 13.6. The van der Waals surface area contributed by atoms with Crippen LogP contribution in [0.25, 0.3) is 0 Å². The normalized spacial score (nSPS) is 10.4. The lowest BCUT2D eigenvalue weighted by Gasteiger charge is -2.18. The Hall–Kier alpha value is -2.86. The van der Waals surface area contributed by atoms with E-state index in [0.717, 1.165) is 16.9 Å². The van der Waals surface area contributed by atoms with Crippen molar-refractivity contribution >= 4 is 34.7 Å². The molecule has 3 aromatic rings. The molecule has 2 aromatic carbocycles. The number of halogens is 1. The Kier molecular flexibility index (Phi) is 5.00. The van der Waals surface area contributed by atoms with Crippen LogP contribution in [0, 0.1) is 6.92 Å². The summed E-state index contributed by atoms with van der Waals surface area (Å²) in [4.78, 5) is 6.46. The molecule has 0 unspecified atom stereocenters. The molecule has 7 heteroatoms. The highest BCUT2D eigenvalue weighted by Crippen LogP contribution is 2.32. The van der Waals surface area contributed by atoms with E-state index in [2.05, 4.69) is 20.5 Å². The maximum Gasteiger partial charge on any atom is 0.249 e. The highest BCUT2D eigenvalue weighted by molar-refractivity contribution is 6.31. The third-order valence-electron chi connectivity index (χ3n) is 3.76. The molecule has 0 atom stereocenters. The standard InChI is InChI=1S/C18H18ClN5O/c1-12-9-15(16(25-3)10-14(12)19)21-18-22-17(11-20-23-18)24(2)13-7-5-4-6-8-13/h4-11H,1-3H3,(H,21,22,23). The van der Waals surface area contributed by atoms with Crippen molar-refractivity contribution in [2.75, 3.05) is 24.4 Å². The number of benzene rings is 2. The molecule has 3 rings (SSSR count). The van der Waals surface area contributed by atoms with Gasteiger partial charge in [0.25, 0.3) is 0 Å². The molecule has 0 radical (unpaired) electrons. The van der Waals surface area contributed by atoms with Gasteiger partial charge in [0, 0.05) is 23.8 Å². The van der Waals surface area contributed by atoms with Gasteiger partial charge in [-0.15, -0.1) is 5.10 Å². The zero-order valence-corrected chi connectivity index (χ0v) is 14.9. The average molecular weight is 356 g/mol. The van der Waals surface area contributed by atoms with Crippen molar-refractivity contribution in [2.24, 2.45) is 0 Å². The van der Waals surface area contributed by atoms with Crippen LogP contribution in [0.2, 0.25) is 5.02 Å². The van der Waals surface area contributed by atoms with E-state index in [4.69, 9.17) is 16.3 Å². The fourth-order valence-electron chi connectivity index (χ4n) is 2.34. The second kappa shape index (κ2) is 7.36. The minimum Gasteiger partial charge on any atom is -0.495 e. The monoisotopic (exact) mass is 355 g/mol. The Bertz CT molecular complexity index is 873. The van der Waals surface area contributed by atoms with Gasteiger partial charge in [-0.2, -0.15) is 10.1 Å². The fraction of sp³-hybridized carbons (Fsp3) is 0.167. The van der Waals surface area contributed by atoms with Gasteiger partial charge in [0.15, 0.2) is 5.82 Å². The molecule has 0 aliphatic carbocycles. The first-order valence-electron chi connectivity index (χ1n) is 7.68. The molecule has 0 saturated heterocycles. The third kappa shape index (κ3) is 3.80. The van der Waals surface area contributed by atoms with Crippen molar-refractivity contribution in [1.29, 1.82) is 0 Å². The number of nitrogens with zero attached hydrogens (tertiary/aromatic N) is 4. The lowest BCUT2D eigenvalue weighted by Crippen LogP contribution is -2.13. The zero-order valence-electron chi connectivity index (χ0n) is 14.2. The first kappa shape index (κ1) is 17.0. The first-order chi connectivity index (χ1) is 12.1. The van der Waals surface area contributed by atoms with Crippen LogP contribution < -0.4 is 15.0 Å². The quantitative estimate of drug-likeness (QED) is 0.734. The highest BCUT2D eigenvalue weighted by atomic mass is 35.5. The van der Waals surface area contributed by atoms with Crippen molar-refractivity contribution in [2.45, 2.75) is 6.92 Å². The molecule has 0 amide bonds. The average Bonchev–Trinajstić information content (AvgIpc) is 2.65. The van der Waals surface area contributed by atoms with Crippen LogP contribution in [0.15, 0.2) is 48.7 Å². The van der Waals surface area contributed by atoms with Gasteiger partial charge in [0.1, 0.15) is 5.75 Å². The van der Waals surface area contributed by atoms with Gasteiger partial charge < -0.3 is 15.0 Å². The minimum atomic E-state index is 0.375. The molecular formula is C18H18ClN5O. The van der Waals surface area contributed by atoms with Crippen molar-refractivity contribution < 1.29 is 4.74 Å². The smallest absolute Gasteiger partial charge is 0.249 e. The molecule has 1 N–H and O–H groups in total. The van der Waals surface area contributed by atoms with Crippen molar-refractivity contribution in [3.8, 4) is 5.75 Å². The summed E-state index contributed by atoms with van der Waals surface area (Å²) in [6.07, 6.45) is 1.61. The summed E-state index contributed by atoms with van der Waals surface area (Å²) in [7, 11) is 3.51. The van der Waals surface area contributed by atoms with Crippen LogP contribution in [-0.2, 0) is 0 Å². The van der Waals surface area contributed by atoms with Crippen LogP contribution in [0.1, 0.15) is 5.56 Å². The largest absolute Gasteiger partial charge is 0.495 e. The number of aromatic nitrogens is 3.